The minimum Gasteiger partial charge on any atom is -0.488 e. The predicted molar refractivity (Wildman–Crippen MR) is 132 cm³/mol. The van der Waals surface area contributed by atoms with E-state index in [0.29, 0.717) is 12.0 Å². The molecule has 0 aliphatic heterocycles. The minimum absolute atomic E-state index is 0.286. The Morgan fingerprint density at radius 2 is 1.62 bits per heavy atom. The second-order valence-corrected chi connectivity index (χ2v) is 8.90. The van der Waals surface area contributed by atoms with Gasteiger partial charge in [0.2, 0.25) is 0 Å². The normalized spacial score (nSPS) is 11.9. The van der Waals surface area contributed by atoms with Crippen LogP contribution in [0.1, 0.15) is 20.3 Å². The van der Waals surface area contributed by atoms with E-state index in [0.717, 1.165) is 32.2 Å². The second-order valence-electron chi connectivity index (χ2n) is 7.75. The fourth-order valence-electron chi connectivity index (χ4n) is 3.51. The summed E-state index contributed by atoms with van der Waals surface area (Å²) >= 11 is 1.72. The molecule has 0 radical (unpaired) electrons. The first-order valence-electron chi connectivity index (χ1n) is 10.7. The molecule has 162 valence electrons. The van der Waals surface area contributed by atoms with Gasteiger partial charge in [0, 0.05) is 26.1 Å². The number of carbonyl (C=O) groups excluding carboxylic acids is 1. The molecule has 1 atom stereocenters. The molecule has 0 amide bonds. The van der Waals surface area contributed by atoms with Crippen LogP contribution in [0.25, 0.3) is 21.5 Å². The van der Waals surface area contributed by atoms with Gasteiger partial charge >= 0.3 is 5.97 Å². The lowest BCUT2D eigenvalue weighted by Gasteiger charge is -2.19. The van der Waals surface area contributed by atoms with Crippen molar-refractivity contribution in [3.63, 3.8) is 0 Å². The van der Waals surface area contributed by atoms with Crippen molar-refractivity contribution in [2.75, 3.05) is 6.61 Å². The van der Waals surface area contributed by atoms with E-state index in [1.54, 1.807) is 18.7 Å². The van der Waals surface area contributed by atoms with Crippen molar-refractivity contribution in [3.05, 3.63) is 91.0 Å². The smallest absolute Gasteiger partial charge is 0.333 e. The molecule has 1 unspecified atom stereocenters. The van der Waals surface area contributed by atoms with Crippen molar-refractivity contribution in [3.8, 4) is 5.75 Å². The first kappa shape index (κ1) is 22.0. The van der Waals surface area contributed by atoms with Crippen molar-refractivity contribution < 1.29 is 14.3 Å². The van der Waals surface area contributed by atoms with Crippen molar-refractivity contribution >= 4 is 39.3 Å². The first-order valence-corrected chi connectivity index (χ1v) is 11.5. The van der Waals surface area contributed by atoms with E-state index < -0.39 is 0 Å². The highest BCUT2D eigenvalue weighted by Crippen LogP contribution is 2.38. The van der Waals surface area contributed by atoms with E-state index in [9.17, 15) is 4.79 Å². The summed E-state index contributed by atoms with van der Waals surface area (Å²) in [6.45, 7) is 7.59. The van der Waals surface area contributed by atoms with E-state index in [-0.39, 0.29) is 18.7 Å². The van der Waals surface area contributed by atoms with E-state index in [1.807, 2.05) is 37.3 Å². The molecule has 0 aliphatic rings. The van der Waals surface area contributed by atoms with Crippen LogP contribution in [0, 0.1) is 0 Å². The highest BCUT2D eigenvalue weighted by molar-refractivity contribution is 7.99. The maximum Gasteiger partial charge on any atom is 0.333 e. The lowest BCUT2D eigenvalue weighted by molar-refractivity contribution is -0.145. The fraction of sp³-hybridized carbons (Fsp3) is 0.179. The van der Waals surface area contributed by atoms with E-state index >= 15 is 0 Å². The number of hydrogen-bond acceptors (Lipinski definition) is 4. The minimum atomic E-state index is -0.384. The van der Waals surface area contributed by atoms with Crippen LogP contribution < -0.4 is 4.74 Å². The summed E-state index contributed by atoms with van der Waals surface area (Å²) in [4.78, 5) is 14.3. The zero-order valence-corrected chi connectivity index (χ0v) is 19.2. The lowest BCUT2D eigenvalue weighted by atomic mass is 10.0. The molecule has 0 heterocycles. The average molecular weight is 443 g/mol. The third-order valence-electron chi connectivity index (χ3n) is 5.26. The molecule has 0 saturated heterocycles. The van der Waals surface area contributed by atoms with Crippen LogP contribution in [0.3, 0.4) is 0 Å². The first-order chi connectivity index (χ1) is 15.5. The Kier molecular flexibility index (Phi) is 6.81. The molecule has 0 fully saturated rings. The SMILES string of the molecule is C=C(C)C(=O)OC(CC)COc1c2ccccc2cc2ccc(Sc3ccccc3)cc12. The number of fused-ring (bicyclic) bond motifs is 2. The predicted octanol–water partition coefficient (Wildman–Crippen LogP) is 7.42. The van der Waals surface area contributed by atoms with Gasteiger partial charge < -0.3 is 9.47 Å². The fourth-order valence-corrected chi connectivity index (χ4v) is 4.39. The molecule has 0 spiro atoms. The average Bonchev–Trinajstić information content (AvgIpc) is 2.81. The van der Waals surface area contributed by atoms with Crippen LogP contribution >= 0.6 is 11.8 Å². The van der Waals surface area contributed by atoms with Crippen LogP contribution in [-0.4, -0.2) is 18.7 Å². The molecule has 0 aromatic heterocycles. The number of ether oxygens (including phenoxy) is 2. The van der Waals surface area contributed by atoms with Gasteiger partial charge in [0.05, 0.1) is 0 Å². The zero-order chi connectivity index (χ0) is 22.5. The molecule has 4 aromatic rings. The van der Waals surface area contributed by atoms with Crippen molar-refractivity contribution in [2.45, 2.75) is 36.2 Å². The molecule has 4 rings (SSSR count). The van der Waals surface area contributed by atoms with E-state index in [2.05, 4.69) is 55.1 Å². The number of esters is 1. The molecule has 4 heteroatoms. The van der Waals surface area contributed by atoms with Crippen molar-refractivity contribution in [2.24, 2.45) is 0 Å². The van der Waals surface area contributed by atoms with Crippen LogP contribution in [0.4, 0.5) is 0 Å². The van der Waals surface area contributed by atoms with Gasteiger partial charge in [-0.3, -0.25) is 0 Å². The van der Waals surface area contributed by atoms with Crippen LogP contribution in [-0.2, 0) is 9.53 Å². The summed E-state index contributed by atoms with van der Waals surface area (Å²) in [5.74, 6) is 0.434. The van der Waals surface area contributed by atoms with E-state index in [1.165, 1.54) is 4.90 Å². The Morgan fingerprint density at radius 3 is 2.38 bits per heavy atom. The van der Waals surface area contributed by atoms with Crippen LogP contribution in [0.15, 0.2) is 101 Å². The lowest BCUT2D eigenvalue weighted by Crippen LogP contribution is -2.24. The topological polar surface area (TPSA) is 35.5 Å². The van der Waals surface area contributed by atoms with Gasteiger partial charge in [-0.25, -0.2) is 4.79 Å². The molecule has 0 saturated carbocycles. The molecular formula is C28H26O3S. The molecule has 4 aromatic carbocycles. The van der Waals surface area contributed by atoms with Gasteiger partial charge in [-0.05, 0) is 54.4 Å². The van der Waals surface area contributed by atoms with Crippen LogP contribution in [0.5, 0.6) is 5.75 Å². The standard InChI is InChI=1S/C28H26O3S/c1-4-22(31-28(29)19(2)3)18-30-27-25-13-9-8-10-20(25)16-21-14-15-24(17-26(21)27)32-23-11-6-5-7-12-23/h5-17,22H,2,4,18H2,1,3H3. The molecular weight excluding hydrogens is 416 g/mol. The number of benzene rings is 4. The third kappa shape index (κ3) is 4.97. The monoisotopic (exact) mass is 442 g/mol. The van der Waals surface area contributed by atoms with Crippen molar-refractivity contribution in [1.29, 1.82) is 0 Å². The van der Waals surface area contributed by atoms with Crippen molar-refractivity contribution in [1.82, 2.24) is 0 Å². The second kappa shape index (κ2) is 9.92. The van der Waals surface area contributed by atoms with Gasteiger partial charge in [0.1, 0.15) is 18.5 Å². The highest BCUT2D eigenvalue weighted by atomic mass is 32.2. The summed E-state index contributed by atoms with van der Waals surface area (Å²) in [7, 11) is 0. The Labute approximate surface area is 193 Å². The van der Waals surface area contributed by atoms with Gasteiger partial charge in [-0.2, -0.15) is 0 Å². The number of rotatable bonds is 8. The maximum atomic E-state index is 12.0. The number of hydrogen-bond donors (Lipinski definition) is 0. The Morgan fingerprint density at radius 1 is 0.906 bits per heavy atom. The van der Waals surface area contributed by atoms with Gasteiger partial charge in [0.15, 0.2) is 0 Å². The summed E-state index contributed by atoms with van der Waals surface area (Å²) in [6, 6.07) is 27.2. The molecule has 3 nitrogen and oxygen atoms in total. The molecule has 0 aliphatic carbocycles. The third-order valence-corrected chi connectivity index (χ3v) is 6.25. The van der Waals surface area contributed by atoms with Crippen LogP contribution in [0.2, 0.25) is 0 Å². The summed E-state index contributed by atoms with van der Waals surface area (Å²) in [6.07, 6.45) is 0.326. The highest BCUT2D eigenvalue weighted by Gasteiger charge is 2.16. The zero-order valence-electron chi connectivity index (χ0n) is 18.3. The largest absolute Gasteiger partial charge is 0.488 e. The summed E-state index contributed by atoms with van der Waals surface area (Å²) in [5.41, 5.74) is 0.390. The Bertz CT molecular complexity index is 1260. The van der Waals surface area contributed by atoms with Gasteiger partial charge in [-0.15, -0.1) is 0 Å². The number of carbonyl (C=O) groups is 1. The van der Waals surface area contributed by atoms with Gasteiger partial charge in [-0.1, -0.05) is 73.8 Å². The summed E-state index contributed by atoms with van der Waals surface area (Å²) < 4.78 is 11.9. The molecule has 32 heavy (non-hydrogen) atoms. The Balaban J connectivity index is 1.71. The Hall–Kier alpha value is -3.24. The quantitative estimate of drug-likeness (QED) is 0.162. The molecule has 0 N–H and O–H groups in total. The maximum absolute atomic E-state index is 12.0. The molecule has 0 bridgehead atoms. The van der Waals surface area contributed by atoms with E-state index in [4.69, 9.17) is 9.47 Å². The van der Waals surface area contributed by atoms with Gasteiger partial charge in [0.25, 0.3) is 0 Å². The summed E-state index contributed by atoms with van der Waals surface area (Å²) in [5, 5.41) is 4.32.